The van der Waals surface area contributed by atoms with Crippen LogP contribution in [-0.2, 0) is 11.3 Å². The van der Waals surface area contributed by atoms with Crippen LogP contribution in [0.3, 0.4) is 0 Å². The van der Waals surface area contributed by atoms with Gasteiger partial charge in [-0.3, -0.25) is 4.79 Å². The summed E-state index contributed by atoms with van der Waals surface area (Å²) in [5.74, 6) is -1.94. The maximum Gasteiger partial charge on any atom is 0.254 e. The molecule has 0 radical (unpaired) electrons. The van der Waals surface area contributed by atoms with Crippen molar-refractivity contribution in [2.45, 2.75) is 12.6 Å². The lowest BCUT2D eigenvalue weighted by atomic mass is 10.1. The Kier molecular flexibility index (Phi) is 4.87. The fraction of sp³-hybridized carbons (Fsp3) is 0.278. The van der Waals surface area contributed by atoms with Crippen LogP contribution in [0.4, 0.5) is 8.78 Å². The van der Waals surface area contributed by atoms with Gasteiger partial charge in [0.2, 0.25) is 0 Å². The van der Waals surface area contributed by atoms with Crippen LogP contribution in [-0.4, -0.2) is 30.5 Å². The number of nitrogens with two attached hydrogens (primary N) is 1. The first kappa shape index (κ1) is 16.5. The van der Waals surface area contributed by atoms with Crippen molar-refractivity contribution in [2.24, 2.45) is 5.73 Å². The summed E-state index contributed by atoms with van der Waals surface area (Å²) < 4.78 is 32.1. The molecule has 24 heavy (non-hydrogen) atoms. The van der Waals surface area contributed by atoms with Crippen LogP contribution >= 0.6 is 0 Å². The molecular formula is C18H18F2N2O2. The smallest absolute Gasteiger partial charge is 0.254 e. The molecule has 0 saturated carbocycles. The van der Waals surface area contributed by atoms with Crippen molar-refractivity contribution in [3.8, 4) is 0 Å². The van der Waals surface area contributed by atoms with Gasteiger partial charge < -0.3 is 15.4 Å². The zero-order valence-electron chi connectivity index (χ0n) is 13.0. The van der Waals surface area contributed by atoms with Crippen LogP contribution < -0.4 is 5.73 Å². The van der Waals surface area contributed by atoms with Gasteiger partial charge in [0.05, 0.1) is 13.2 Å². The molecule has 1 aliphatic rings. The van der Waals surface area contributed by atoms with Crippen molar-refractivity contribution in [3.63, 3.8) is 0 Å². The Labute approximate surface area is 138 Å². The van der Waals surface area contributed by atoms with Gasteiger partial charge in [0.25, 0.3) is 5.91 Å². The van der Waals surface area contributed by atoms with E-state index in [1.165, 1.54) is 6.07 Å². The van der Waals surface area contributed by atoms with Gasteiger partial charge in [0, 0.05) is 18.7 Å². The average Bonchev–Trinajstić information content (AvgIpc) is 2.63. The minimum atomic E-state index is -0.920. The largest absolute Gasteiger partial charge is 0.370 e. The molecule has 126 valence electrons. The van der Waals surface area contributed by atoms with E-state index >= 15 is 0 Å². The molecule has 0 unspecified atom stereocenters. The summed E-state index contributed by atoms with van der Waals surface area (Å²) in [6, 6.07) is 10.8. The highest BCUT2D eigenvalue weighted by atomic mass is 19.2. The molecule has 6 heteroatoms. The number of carbonyl (C=O) groups is 1. The van der Waals surface area contributed by atoms with E-state index in [-0.39, 0.29) is 5.91 Å². The van der Waals surface area contributed by atoms with E-state index in [9.17, 15) is 13.6 Å². The number of morpholine rings is 1. The Hall–Kier alpha value is -2.31. The van der Waals surface area contributed by atoms with E-state index in [0.29, 0.717) is 37.4 Å². The molecule has 1 fully saturated rings. The van der Waals surface area contributed by atoms with Crippen molar-refractivity contribution >= 4 is 5.91 Å². The second kappa shape index (κ2) is 7.07. The highest BCUT2D eigenvalue weighted by molar-refractivity contribution is 5.94. The van der Waals surface area contributed by atoms with Gasteiger partial charge in [-0.15, -0.1) is 0 Å². The first-order valence-electron chi connectivity index (χ1n) is 7.73. The number of ether oxygens (including phenoxy) is 1. The first-order valence-corrected chi connectivity index (χ1v) is 7.73. The topological polar surface area (TPSA) is 55.6 Å². The molecule has 1 aliphatic heterocycles. The molecule has 1 amide bonds. The third-order valence-corrected chi connectivity index (χ3v) is 4.11. The summed E-state index contributed by atoms with van der Waals surface area (Å²) in [6.07, 6.45) is -0.471. The van der Waals surface area contributed by atoms with Crippen LogP contribution in [0, 0.1) is 11.6 Å². The third kappa shape index (κ3) is 3.44. The van der Waals surface area contributed by atoms with E-state index in [0.717, 1.165) is 17.7 Å². The zero-order chi connectivity index (χ0) is 17.1. The molecular weight excluding hydrogens is 314 g/mol. The highest BCUT2D eigenvalue weighted by Crippen LogP contribution is 2.24. The maximum absolute atomic E-state index is 13.4. The van der Waals surface area contributed by atoms with Crippen molar-refractivity contribution < 1.29 is 18.3 Å². The van der Waals surface area contributed by atoms with Crippen LogP contribution in [0.2, 0.25) is 0 Å². The number of benzene rings is 2. The molecule has 0 aromatic heterocycles. The molecule has 3 rings (SSSR count). The van der Waals surface area contributed by atoms with Crippen molar-refractivity contribution in [2.75, 3.05) is 19.7 Å². The van der Waals surface area contributed by atoms with Crippen LogP contribution in [0.25, 0.3) is 0 Å². The van der Waals surface area contributed by atoms with Gasteiger partial charge in [-0.1, -0.05) is 18.2 Å². The van der Waals surface area contributed by atoms with Gasteiger partial charge in [0.15, 0.2) is 11.6 Å². The van der Waals surface area contributed by atoms with Crippen LogP contribution in [0.5, 0.6) is 0 Å². The van der Waals surface area contributed by atoms with E-state index in [4.69, 9.17) is 10.5 Å². The van der Waals surface area contributed by atoms with Crippen LogP contribution in [0.1, 0.15) is 27.6 Å². The number of hydrogen-bond acceptors (Lipinski definition) is 3. The van der Waals surface area contributed by atoms with E-state index in [1.807, 2.05) is 12.1 Å². The molecule has 0 bridgehead atoms. The number of hydrogen-bond donors (Lipinski definition) is 1. The predicted molar refractivity (Wildman–Crippen MR) is 85.3 cm³/mol. The van der Waals surface area contributed by atoms with E-state index in [1.54, 1.807) is 17.0 Å². The molecule has 2 aromatic rings. The van der Waals surface area contributed by atoms with Crippen LogP contribution in [0.15, 0.2) is 42.5 Å². The summed E-state index contributed by atoms with van der Waals surface area (Å²) in [7, 11) is 0. The van der Waals surface area contributed by atoms with Gasteiger partial charge in [-0.2, -0.15) is 0 Å². The number of rotatable bonds is 3. The fourth-order valence-electron chi connectivity index (χ4n) is 2.71. The first-order chi connectivity index (χ1) is 11.6. The SMILES string of the molecule is NCc1ccc(C(=O)N2CCO[C@H](c3ccc(F)c(F)c3)C2)cc1. The number of nitrogens with zero attached hydrogens (tertiary/aromatic N) is 1. The summed E-state index contributed by atoms with van der Waals surface area (Å²) >= 11 is 0. The summed E-state index contributed by atoms with van der Waals surface area (Å²) in [4.78, 5) is 14.3. The average molecular weight is 332 g/mol. The predicted octanol–water partition coefficient (Wildman–Crippen LogP) is 2.64. The minimum Gasteiger partial charge on any atom is -0.370 e. The Balaban J connectivity index is 1.74. The maximum atomic E-state index is 13.4. The Morgan fingerprint density at radius 2 is 1.92 bits per heavy atom. The molecule has 1 atom stereocenters. The van der Waals surface area contributed by atoms with Crippen molar-refractivity contribution in [1.82, 2.24) is 4.90 Å². The zero-order valence-corrected chi connectivity index (χ0v) is 13.0. The lowest BCUT2D eigenvalue weighted by Crippen LogP contribution is -2.42. The molecule has 4 nitrogen and oxygen atoms in total. The molecule has 1 saturated heterocycles. The quantitative estimate of drug-likeness (QED) is 0.940. The molecule has 2 aromatic carbocycles. The Morgan fingerprint density at radius 1 is 1.17 bits per heavy atom. The van der Waals surface area contributed by atoms with Crippen molar-refractivity contribution in [3.05, 3.63) is 70.8 Å². The third-order valence-electron chi connectivity index (χ3n) is 4.11. The summed E-state index contributed by atoms with van der Waals surface area (Å²) in [5.41, 5.74) is 7.59. The second-order valence-corrected chi connectivity index (χ2v) is 5.69. The van der Waals surface area contributed by atoms with Crippen molar-refractivity contribution in [1.29, 1.82) is 0 Å². The van der Waals surface area contributed by atoms with Gasteiger partial charge >= 0.3 is 0 Å². The Morgan fingerprint density at radius 3 is 2.58 bits per heavy atom. The molecule has 0 spiro atoms. The fourth-order valence-corrected chi connectivity index (χ4v) is 2.71. The second-order valence-electron chi connectivity index (χ2n) is 5.69. The number of halogens is 2. The van der Waals surface area contributed by atoms with Gasteiger partial charge in [-0.05, 0) is 35.4 Å². The molecule has 0 aliphatic carbocycles. The standard InChI is InChI=1S/C18H18F2N2O2/c19-15-6-5-14(9-16(15)20)17-11-22(7-8-24-17)18(23)13-3-1-12(10-21)2-4-13/h1-6,9,17H,7-8,10-11,21H2/t17-/m0/s1. The van der Waals surface area contributed by atoms with E-state index < -0.39 is 17.7 Å². The Bertz CT molecular complexity index is 734. The summed E-state index contributed by atoms with van der Waals surface area (Å²) in [6.45, 7) is 1.51. The number of amides is 1. The lowest BCUT2D eigenvalue weighted by Gasteiger charge is -2.33. The monoisotopic (exact) mass is 332 g/mol. The normalized spacial score (nSPS) is 17.8. The lowest BCUT2D eigenvalue weighted by molar-refractivity contribution is -0.0229. The summed E-state index contributed by atoms with van der Waals surface area (Å²) in [5, 5.41) is 0. The van der Waals surface area contributed by atoms with Gasteiger partial charge in [-0.25, -0.2) is 8.78 Å². The van der Waals surface area contributed by atoms with Gasteiger partial charge in [0.1, 0.15) is 6.10 Å². The highest BCUT2D eigenvalue weighted by Gasteiger charge is 2.26. The minimum absolute atomic E-state index is 0.116. The van der Waals surface area contributed by atoms with E-state index in [2.05, 4.69) is 0 Å². The number of carbonyl (C=O) groups excluding carboxylic acids is 1. The molecule has 1 heterocycles. The molecule has 2 N–H and O–H groups in total.